The molecule has 0 spiro atoms. The maximum atomic E-state index is 14.0. The number of benzene rings is 3. The fourth-order valence-corrected chi connectivity index (χ4v) is 6.76. The van der Waals surface area contributed by atoms with E-state index in [1.165, 1.54) is 5.56 Å². The summed E-state index contributed by atoms with van der Waals surface area (Å²) in [5.41, 5.74) is 4.51. The Morgan fingerprint density at radius 1 is 0.977 bits per heavy atom. The van der Waals surface area contributed by atoms with Gasteiger partial charge in [0.15, 0.2) is 5.82 Å². The normalized spacial score (nSPS) is 19.4. The molecule has 1 amide bonds. The van der Waals surface area contributed by atoms with Gasteiger partial charge in [-0.05, 0) is 78.7 Å². The minimum atomic E-state index is -0.124. The number of H-pyrrole nitrogens is 2. The van der Waals surface area contributed by atoms with Gasteiger partial charge in [-0.1, -0.05) is 42.5 Å². The number of para-hydroxylation sites is 2. The van der Waals surface area contributed by atoms with Crippen molar-refractivity contribution in [2.45, 2.75) is 24.7 Å². The molecule has 1 atom stereocenters. The van der Waals surface area contributed by atoms with Crippen molar-refractivity contribution in [1.29, 1.82) is 0 Å². The summed E-state index contributed by atoms with van der Waals surface area (Å²) in [6.45, 7) is 6.25. The topological polar surface area (TPSA) is 119 Å². The van der Waals surface area contributed by atoms with Crippen LogP contribution in [0.1, 0.15) is 35.2 Å². The van der Waals surface area contributed by atoms with Crippen molar-refractivity contribution in [3.63, 3.8) is 0 Å². The van der Waals surface area contributed by atoms with E-state index in [4.69, 9.17) is 9.72 Å². The molecular weight excluding hydrogens is 554 g/mol. The van der Waals surface area contributed by atoms with Crippen molar-refractivity contribution in [3.8, 4) is 17.1 Å². The molecule has 2 aromatic heterocycles. The second kappa shape index (κ2) is 12.1. The molecule has 11 nitrogen and oxygen atoms in total. The molecule has 2 aliphatic heterocycles. The smallest absolute Gasteiger partial charge is 0.257 e. The Balaban J connectivity index is 1.07. The van der Waals surface area contributed by atoms with Crippen LogP contribution < -0.4 is 9.64 Å². The number of methoxy groups -OCH3 is 1. The van der Waals surface area contributed by atoms with Gasteiger partial charge in [0.25, 0.3) is 5.91 Å². The number of nitrogens with one attached hydrogen (secondary N) is 2. The number of carbonyl (C=O) groups excluding carboxylic acids is 1. The van der Waals surface area contributed by atoms with Crippen molar-refractivity contribution in [2.24, 2.45) is 0 Å². The van der Waals surface area contributed by atoms with Crippen LogP contribution >= 0.6 is 0 Å². The lowest BCUT2D eigenvalue weighted by Gasteiger charge is -2.33. The lowest BCUT2D eigenvalue weighted by Crippen LogP contribution is -2.39. The highest BCUT2D eigenvalue weighted by Crippen LogP contribution is 2.39. The standard InChI is InChI=1S/C33H37N9O2/c1-44-29-13-12-24(30-36-38-39-37-30)22-26(29)31(43)42-19-15-33(23-42,25-8-3-2-4-9-25)14-18-40-16-7-17-41(21-20-40)32-34-27-10-5-6-11-28(27)35-32/h2-6,8-13,22H,7,14-21,23H2,1H3,(H,34,35)(H,36,37,38,39). The quantitative estimate of drug-likeness (QED) is 0.277. The lowest BCUT2D eigenvalue weighted by atomic mass is 9.76. The number of amides is 1. The predicted molar refractivity (Wildman–Crippen MR) is 169 cm³/mol. The van der Waals surface area contributed by atoms with Gasteiger partial charge in [-0.25, -0.2) is 10.1 Å². The molecule has 2 saturated heterocycles. The van der Waals surface area contributed by atoms with E-state index in [0.29, 0.717) is 30.2 Å². The first kappa shape index (κ1) is 28.0. The molecule has 1 unspecified atom stereocenters. The molecule has 2 N–H and O–H groups in total. The van der Waals surface area contributed by atoms with Gasteiger partial charge in [-0.2, -0.15) is 0 Å². The monoisotopic (exact) mass is 591 g/mol. The molecule has 4 heterocycles. The Morgan fingerprint density at radius 3 is 2.66 bits per heavy atom. The molecule has 2 fully saturated rings. The summed E-state index contributed by atoms with van der Waals surface area (Å²) in [7, 11) is 1.59. The lowest BCUT2D eigenvalue weighted by molar-refractivity contribution is 0.0777. The fraction of sp³-hybridized carbons (Fsp3) is 0.364. The van der Waals surface area contributed by atoms with Gasteiger partial charge in [-0.3, -0.25) is 4.79 Å². The minimum Gasteiger partial charge on any atom is -0.496 e. The van der Waals surface area contributed by atoms with Crippen LogP contribution in [0.3, 0.4) is 0 Å². The number of ether oxygens (including phenoxy) is 1. The molecule has 0 aliphatic carbocycles. The van der Waals surface area contributed by atoms with Crippen molar-refractivity contribution in [2.75, 3.05) is 57.8 Å². The van der Waals surface area contributed by atoms with E-state index in [9.17, 15) is 4.79 Å². The largest absolute Gasteiger partial charge is 0.496 e. The van der Waals surface area contributed by atoms with Crippen molar-refractivity contribution in [1.82, 2.24) is 40.4 Å². The third kappa shape index (κ3) is 5.50. The Labute approximate surface area is 256 Å². The van der Waals surface area contributed by atoms with Gasteiger partial charge in [0.2, 0.25) is 5.95 Å². The number of tetrazole rings is 1. The van der Waals surface area contributed by atoms with Crippen LogP contribution in [-0.2, 0) is 5.41 Å². The second-order valence-electron chi connectivity index (χ2n) is 11.8. The maximum absolute atomic E-state index is 14.0. The number of nitrogens with zero attached hydrogens (tertiary/aromatic N) is 7. The minimum absolute atomic E-state index is 0.0368. The molecule has 0 bridgehead atoms. The number of carbonyl (C=O) groups is 1. The van der Waals surface area contributed by atoms with Crippen molar-refractivity contribution in [3.05, 3.63) is 83.9 Å². The van der Waals surface area contributed by atoms with E-state index in [2.05, 4.69) is 77.9 Å². The number of hydrogen-bond acceptors (Lipinski definition) is 8. The average molecular weight is 592 g/mol. The second-order valence-corrected chi connectivity index (χ2v) is 11.8. The Bertz CT molecular complexity index is 1690. The fourth-order valence-electron chi connectivity index (χ4n) is 6.76. The van der Waals surface area contributed by atoms with E-state index in [0.717, 1.165) is 74.5 Å². The number of aromatic nitrogens is 6. The van der Waals surface area contributed by atoms with Crippen LogP contribution in [0.5, 0.6) is 5.75 Å². The molecule has 3 aromatic carbocycles. The van der Waals surface area contributed by atoms with E-state index in [-0.39, 0.29) is 11.3 Å². The summed E-state index contributed by atoms with van der Waals surface area (Å²) in [6.07, 6.45) is 2.97. The highest BCUT2D eigenvalue weighted by molar-refractivity contribution is 5.98. The first-order valence-corrected chi connectivity index (χ1v) is 15.3. The number of rotatable bonds is 8. The predicted octanol–water partition coefficient (Wildman–Crippen LogP) is 4.14. The molecule has 0 saturated carbocycles. The SMILES string of the molecule is COc1ccc(-c2nnn[nH]2)cc1C(=O)N1CCC(CCN2CCCN(c3nc4ccccc4[nH]3)CC2)(c2ccccc2)C1. The zero-order valence-electron chi connectivity index (χ0n) is 24.9. The number of likely N-dealkylation sites (tertiary alicyclic amines) is 1. The van der Waals surface area contributed by atoms with Crippen LogP contribution in [0, 0.1) is 0 Å². The number of hydrogen-bond donors (Lipinski definition) is 2. The van der Waals surface area contributed by atoms with Crippen LogP contribution in [0.15, 0.2) is 72.8 Å². The summed E-state index contributed by atoms with van der Waals surface area (Å²) in [4.78, 5) is 29.3. The molecule has 7 rings (SSSR count). The van der Waals surface area contributed by atoms with Gasteiger partial charge < -0.3 is 24.4 Å². The third-order valence-electron chi connectivity index (χ3n) is 9.25. The van der Waals surface area contributed by atoms with Crippen LogP contribution in [0.4, 0.5) is 5.95 Å². The Hall–Kier alpha value is -4.77. The Kier molecular flexibility index (Phi) is 7.69. The first-order chi connectivity index (χ1) is 21.6. The first-order valence-electron chi connectivity index (χ1n) is 15.3. The molecular formula is C33H37N9O2. The third-order valence-corrected chi connectivity index (χ3v) is 9.25. The maximum Gasteiger partial charge on any atom is 0.257 e. The zero-order valence-corrected chi connectivity index (χ0v) is 24.9. The van der Waals surface area contributed by atoms with Gasteiger partial charge in [0, 0.05) is 43.7 Å². The molecule has 5 aromatic rings. The van der Waals surface area contributed by atoms with E-state index < -0.39 is 0 Å². The van der Waals surface area contributed by atoms with Crippen LogP contribution in [0.25, 0.3) is 22.4 Å². The molecule has 226 valence electrons. The van der Waals surface area contributed by atoms with Gasteiger partial charge in [0.05, 0.1) is 23.7 Å². The zero-order chi connectivity index (χ0) is 29.9. The molecule has 2 aliphatic rings. The summed E-state index contributed by atoms with van der Waals surface area (Å²) < 4.78 is 5.60. The highest BCUT2D eigenvalue weighted by Gasteiger charge is 2.42. The molecule has 44 heavy (non-hydrogen) atoms. The van der Waals surface area contributed by atoms with Crippen LogP contribution in [-0.4, -0.2) is 99.2 Å². The molecule has 0 radical (unpaired) electrons. The summed E-state index contributed by atoms with van der Waals surface area (Å²) in [6, 6.07) is 24.4. The van der Waals surface area contributed by atoms with E-state index in [1.807, 2.05) is 29.2 Å². The number of imidazole rings is 1. The number of fused-ring (bicyclic) bond motifs is 1. The van der Waals surface area contributed by atoms with E-state index >= 15 is 0 Å². The van der Waals surface area contributed by atoms with Crippen LogP contribution in [0.2, 0.25) is 0 Å². The van der Waals surface area contributed by atoms with E-state index in [1.54, 1.807) is 13.2 Å². The van der Waals surface area contributed by atoms with Crippen molar-refractivity contribution < 1.29 is 9.53 Å². The van der Waals surface area contributed by atoms with Gasteiger partial charge in [-0.15, -0.1) is 5.10 Å². The van der Waals surface area contributed by atoms with Crippen molar-refractivity contribution >= 4 is 22.9 Å². The average Bonchev–Trinajstić information content (AvgIpc) is 3.82. The summed E-state index contributed by atoms with van der Waals surface area (Å²) in [5.74, 6) is 1.98. The van der Waals surface area contributed by atoms with Gasteiger partial charge >= 0.3 is 0 Å². The summed E-state index contributed by atoms with van der Waals surface area (Å²) in [5, 5.41) is 14.2. The number of aromatic amines is 2. The highest BCUT2D eigenvalue weighted by atomic mass is 16.5. The Morgan fingerprint density at radius 2 is 1.84 bits per heavy atom. The van der Waals surface area contributed by atoms with Gasteiger partial charge in [0.1, 0.15) is 5.75 Å². The summed E-state index contributed by atoms with van der Waals surface area (Å²) >= 11 is 0. The number of anilines is 1. The molecule has 11 heteroatoms.